The van der Waals surface area contributed by atoms with Crippen molar-refractivity contribution in [2.24, 2.45) is 7.05 Å². The highest BCUT2D eigenvalue weighted by molar-refractivity contribution is 5.62. The van der Waals surface area contributed by atoms with Crippen LogP contribution in [0.25, 0.3) is 5.69 Å². The van der Waals surface area contributed by atoms with Crippen LogP contribution in [0.2, 0.25) is 0 Å². The van der Waals surface area contributed by atoms with E-state index in [0.717, 1.165) is 60.6 Å². The van der Waals surface area contributed by atoms with E-state index in [1.165, 1.54) is 19.2 Å². The Bertz CT molecular complexity index is 1400. The molecule has 3 aliphatic rings. The van der Waals surface area contributed by atoms with Gasteiger partial charge in [0, 0.05) is 31.2 Å². The number of fused-ring (bicyclic) bond motifs is 1. The lowest BCUT2D eigenvalue weighted by atomic mass is 9.97. The van der Waals surface area contributed by atoms with Gasteiger partial charge in [-0.05, 0) is 86.4 Å². The van der Waals surface area contributed by atoms with Gasteiger partial charge in [0.05, 0.1) is 17.6 Å². The summed E-state index contributed by atoms with van der Waals surface area (Å²) in [5, 5.41) is 13.8. The summed E-state index contributed by atoms with van der Waals surface area (Å²) in [4.78, 5) is 23.4. The number of aromatic nitrogens is 6. The predicted molar refractivity (Wildman–Crippen MR) is 134 cm³/mol. The first-order valence-electron chi connectivity index (χ1n) is 12.9. The van der Waals surface area contributed by atoms with Crippen LogP contribution in [-0.4, -0.2) is 58.8 Å². The summed E-state index contributed by atoms with van der Waals surface area (Å²) in [7, 11) is 1.50. The number of hydrogen-bond acceptors (Lipinski definition) is 8. The van der Waals surface area contributed by atoms with Gasteiger partial charge in [0.15, 0.2) is 11.6 Å². The Morgan fingerprint density at radius 1 is 1.08 bits per heavy atom. The molecule has 6 rings (SSSR count). The molecule has 1 saturated carbocycles. The number of benzene rings is 1. The lowest BCUT2D eigenvalue weighted by Gasteiger charge is -2.42. The maximum Gasteiger partial charge on any atom is 0.368 e. The molecule has 3 fully saturated rings. The number of nitrogens with one attached hydrogen (secondary N) is 2. The fourth-order valence-corrected chi connectivity index (χ4v) is 5.80. The van der Waals surface area contributed by atoms with E-state index in [4.69, 9.17) is 0 Å². The zero-order valence-corrected chi connectivity index (χ0v) is 21.2. The molecule has 10 nitrogen and oxygen atoms in total. The van der Waals surface area contributed by atoms with Crippen molar-refractivity contribution in [2.45, 2.75) is 75.9 Å². The van der Waals surface area contributed by atoms with Crippen LogP contribution >= 0.6 is 0 Å². The molecule has 12 heteroatoms. The van der Waals surface area contributed by atoms with Crippen molar-refractivity contribution in [1.29, 1.82) is 0 Å². The minimum atomic E-state index is -0.559. The van der Waals surface area contributed by atoms with Gasteiger partial charge < -0.3 is 10.6 Å². The monoisotopic (exact) mass is 511 g/mol. The van der Waals surface area contributed by atoms with E-state index in [9.17, 15) is 9.18 Å². The van der Waals surface area contributed by atoms with E-state index >= 15 is 4.39 Å². The number of nitrogens with zero attached hydrogens (tertiary/aromatic N) is 7. The third-order valence-corrected chi connectivity index (χ3v) is 8.00. The number of hydrogen-bond donors (Lipinski definition) is 2. The zero-order chi connectivity index (χ0) is 25.9. The maximum atomic E-state index is 15.1. The maximum absolute atomic E-state index is 15.1. The molecule has 2 saturated heterocycles. The molecule has 0 spiro atoms. The number of piperidine rings is 1. The van der Waals surface area contributed by atoms with Gasteiger partial charge in [-0.3, -0.25) is 4.90 Å². The highest BCUT2D eigenvalue weighted by Crippen LogP contribution is 2.44. The Labute approximate surface area is 213 Å². The molecule has 0 radical (unpaired) electrons. The van der Waals surface area contributed by atoms with E-state index in [-0.39, 0.29) is 35.0 Å². The summed E-state index contributed by atoms with van der Waals surface area (Å²) in [5.41, 5.74) is 1.00. The average molecular weight is 512 g/mol. The van der Waals surface area contributed by atoms with Crippen LogP contribution in [0.4, 0.5) is 26.2 Å². The smallest absolute Gasteiger partial charge is 0.365 e. The summed E-state index contributed by atoms with van der Waals surface area (Å²) >= 11 is 0. The Hall–Kier alpha value is -3.41. The van der Waals surface area contributed by atoms with Gasteiger partial charge in [-0.25, -0.2) is 18.6 Å². The van der Waals surface area contributed by atoms with Crippen LogP contribution in [-0.2, 0) is 7.05 Å². The van der Waals surface area contributed by atoms with Crippen molar-refractivity contribution in [2.75, 3.05) is 17.2 Å². The summed E-state index contributed by atoms with van der Waals surface area (Å²) in [6.45, 7) is 5.52. The molecule has 0 bridgehead atoms. The highest BCUT2D eigenvalue weighted by atomic mass is 19.1. The lowest BCUT2D eigenvalue weighted by Crippen LogP contribution is -2.50. The molecule has 37 heavy (non-hydrogen) atoms. The minimum Gasteiger partial charge on any atom is -0.365 e. The summed E-state index contributed by atoms with van der Waals surface area (Å²) in [6.07, 6.45) is 7.02. The SMILES string of the molecule is Cn1nnn(-c2cc(Nc3ncc(F)c(N[C@@H]4CCN5[C@H](CCC5(C)C)C4)n3)c(F)cc2C2CC2)c1=O. The third-order valence-electron chi connectivity index (χ3n) is 8.00. The standard InChI is InChI=1S/C25H31F2N9O/c1-25(2)8-6-16-10-15(7-9-35(16)25)29-22-19(27)13-28-23(31-22)30-20-12-21(36-24(37)34(3)32-33-36)17(11-18(20)26)14-4-5-14/h11-16H,4-10H2,1-3H3,(H2,28,29,30,31)/t15-,16-/m1/s1. The van der Waals surface area contributed by atoms with Crippen molar-refractivity contribution in [3.63, 3.8) is 0 Å². The Morgan fingerprint density at radius 2 is 1.89 bits per heavy atom. The normalized spacial score (nSPS) is 23.2. The van der Waals surface area contributed by atoms with Gasteiger partial charge in [0.25, 0.3) is 0 Å². The van der Waals surface area contributed by atoms with E-state index in [1.54, 1.807) is 0 Å². The molecule has 2 N–H and O–H groups in total. The van der Waals surface area contributed by atoms with Crippen LogP contribution < -0.4 is 16.3 Å². The van der Waals surface area contributed by atoms with E-state index in [1.807, 2.05) is 0 Å². The van der Waals surface area contributed by atoms with E-state index < -0.39 is 17.3 Å². The average Bonchev–Trinajstić information content (AvgIpc) is 3.60. The first kappa shape index (κ1) is 24.0. The molecule has 2 aromatic heterocycles. The molecule has 196 valence electrons. The molecule has 0 amide bonds. The van der Waals surface area contributed by atoms with Gasteiger partial charge >= 0.3 is 5.69 Å². The molecule has 2 atom stereocenters. The van der Waals surface area contributed by atoms with Crippen LogP contribution in [0.1, 0.15) is 63.9 Å². The zero-order valence-electron chi connectivity index (χ0n) is 21.2. The molecular weight excluding hydrogens is 480 g/mol. The predicted octanol–water partition coefficient (Wildman–Crippen LogP) is 3.47. The number of halogens is 2. The second-order valence-corrected chi connectivity index (χ2v) is 11.0. The van der Waals surface area contributed by atoms with Gasteiger partial charge in [-0.15, -0.1) is 0 Å². The van der Waals surface area contributed by atoms with Crippen molar-refractivity contribution in [3.05, 3.63) is 46.0 Å². The molecule has 0 unspecified atom stereocenters. The number of tetrazole rings is 1. The van der Waals surface area contributed by atoms with Gasteiger partial charge in [-0.1, -0.05) is 0 Å². The summed E-state index contributed by atoms with van der Waals surface area (Å²) < 4.78 is 32.1. The molecule has 3 aromatic rings. The Balaban J connectivity index is 1.24. The third kappa shape index (κ3) is 4.47. The molecule has 1 aromatic carbocycles. The van der Waals surface area contributed by atoms with Crippen molar-refractivity contribution in [1.82, 2.24) is 34.7 Å². The highest BCUT2D eigenvalue weighted by Gasteiger charge is 2.42. The van der Waals surface area contributed by atoms with E-state index in [0.29, 0.717) is 17.3 Å². The van der Waals surface area contributed by atoms with E-state index in [2.05, 4.69) is 49.8 Å². The number of rotatable bonds is 6. The van der Waals surface area contributed by atoms with Crippen molar-refractivity contribution < 1.29 is 8.78 Å². The van der Waals surface area contributed by atoms with Crippen molar-refractivity contribution >= 4 is 17.5 Å². The lowest BCUT2D eigenvalue weighted by molar-refractivity contribution is 0.0920. The van der Waals surface area contributed by atoms with Crippen LogP contribution in [0.5, 0.6) is 0 Å². The largest absolute Gasteiger partial charge is 0.368 e. The van der Waals surface area contributed by atoms with Crippen LogP contribution in [0, 0.1) is 11.6 Å². The van der Waals surface area contributed by atoms with Crippen LogP contribution in [0.15, 0.2) is 23.1 Å². The summed E-state index contributed by atoms with van der Waals surface area (Å²) in [5.74, 6) is -0.757. The second kappa shape index (κ2) is 8.86. The fourth-order valence-electron chi connectivity index (χ4n) is 5.80. The molecule has 2 aliphatic heterocycles. The number of anilines is 3. The Kier molecular flexibility index (Phi) is 5.74. The van der Waals surface area contributed by atoms with Gasteiger partial charge in [0.1, 0.15) is 5.82 Å². The van der Waals surface area contributed by atoms with Gasteiger partial charge in [-0.2, -0.15) is 14.3 Å². The molecular formula is C25H31F2N9O. The van der Waals surface area contributed by atoms with Crippen LogP contribution in [0.3, 0.4) is 0 Å². The van der Waals surface area contributed by atoms with Crippen molar-refractivity contribution in [3.8, 4) is 5.69 Å². The topological polar surface area (TPSA) is 106 Å². The van der Waals surface area contributed by atoms with Gasteiger partial charge in [0.2, 0.25) is 5.95 Å². The second-order valence-electron chi connectivity index (χ2n) is 11.0. The molecule has 4 heterocycles. The Morgan fingerprint density at radius 3 is 2.62 bits per heavy atom. The molecule has 1 aliphatic carbocycles. The number of aryl methyl sites for hydroxylation is 1. The quantitative estimate of drug-likeness (QED) is 0.518. The summed E-state index contributed by atoms with van der Waals surface area (Å²) in [6, 6.07) is 3.50. The first-order chi connectivity index (χ1) is 17.7. The fraction of sp³-hybridized carbons (Fsp3) is 0.560. The minimum absolute atomic E-state index is 0.0545. The first-order valence-corrected chi connectivity index (χ1v) is 12.9.